The van der Waals surface area contributed by atoms with E-state index in [9.17, 15) is 9.59 Å². The third-order valence-corrected chi connectivity index (χ3v) is 5.83. The Bertz CT molecular complexity index is 979. The van der Waals surface area contributed by atoms with Crippen LogP contribution >= 0.6 is 0 Å². The van der Waals surface area contributed by atoms with Crippen LogP contribution in [-0.4, -0.2) is 17.9 Å². The lowest BCUT2D eigenvalue weighted by molar-refractivity contribution is -0.128. The molecule has 0 unspecified atom stereocenters. The molecule has 0 bridgehead atoms. The number of rotatable bonds is 9. The standard InChI is InChI=1S/C27H27N3O2/c1-20(17-18-28)25(26(29)32)30-24(31)19-27(21-11-5-2-6-12-21,22-13-7-3-8-14-22)23-15-9-4-10-16-23/h2-16,20,25H,17,19H2,1H3,(H2,29,32)(H,30,31)/t20-,25-/m0/s1. The Morgan fingerprint density at radius 2 is 1.28 bits per heavy atom. The van der Waals surface area contributed by atoms with Crippen molar-refractivity contribution >= 4 is 11.8 Å². The molecule has 0 aliphatic heterocycles. The zero-order valence-corrected chi connectivity index (χ0v) is 18.1. The van der Waals surface area contributed by atoms with Crippen LogP contribution in [0, 0.1) is 17.2 Å². The van der Waals surface area contributed by atoms with Crippen molar-refractivity contribution in [2.45, 2.75) is 31.2 Å². The molecule has 3 rings (SSSR count). The van der Waals surface area contributed by atoms with Crippen molar-refractivity contribution in [2.75, 3.05) is 0 Å². The highest BCUT2D eigenvalue weighted by Crippen LogP contribution is 2.42. The molecular formula is C27H27N3O2. The second-order valence-corrected chi connectivity index (χ2v) is 7.97. The number of nitrogens with zero attached hydrogens (tertiary/aromatic N) is 1. The van der Waals surface area contributed by atoms with E-state index in [4.69, 9.17) is 11.0 Å². The summed E-state index contributed by atoms with van der Waals surface area (Å²) in [7, 11) is 0. The van der Waals surface area contributed by atoms with Crippen molar-refractivity contribution in [3.63, 3.8) is 0 Å². The SMILES string of the molecule is C[C@@H](CC#N)[C@H](NC(=O)CC(c1ccccc1)(c1ccccc1)c1ccccc1)C(N)=O. The number of carbonyl (C=O) groups is 2. The number of nitriles is 1. The molecule has 3 aromatic carbocycles. The van der Waals surface area contributed by atoms with Gasteiger partial charge >= 0.3 is 0 Å². The zero-order chi connectivity index (χ0) is 23.0. The summed E-state index contributed by atoms with van der Waals surface area (Å²) in [5, 5.41) is 11.8. The van der Waals surface area contributed by atoms with Crippen LogP contribution in [0.25, 0.3) is 0 Å². The summed E-state index contributed by atoms with van der Waals surface area (Å²) in [5.74, 6) is -1.35. The maximum Gasteiger partial charge on any atom is 0.240 e. The summed E-state index contributed by atoms with van der Waals surface area (Å²) in [5.41, 5.74) is 7.68. The van der Waals surface area contributed by atoms with Crippen LogP contribution in [0.15, 0.2) is 91.0 Å². The first-order valence-electron chi connectivity index (χ1n) is 10.6. The molecule has 5 heteroatoms. The van der Waals surface area contributed by atoms with E-state index in [1.54, 1.807) is 6.92 Å². The monoisotopic (exact) mass is 425 g/mol. The van der Waals surface area contributed by atoms with Gasteiger partial charge in [0.25, 0.3) is 0 Å². The van der Waals surface area contributed by atoms with Crippen molar-refractivity contribution in [1.82, 2.24) is 5.32 Å². The van der Waals surface area contributed by atoms with Gasteiger partial charge < -0.3 is 11.1 Å². The minimum atomic E-state index is -0.915. The molecule has 0 aromatic heterocycles. The van der Waals surface area contributed by atoms with Crippen LogP contribution in [0.3, 0.4) is 0 Å². The molecule has 3 aromatic rings. The third-order valence-electron chi connectivity index (χ3n) is 5.83. The van der Waals surface area contributed by atoms with Crippen LogP contribution < -0.4 is 11.1 Å². The van der Waals surface area contributed by atoms with Gasteiger partial charge in [-0.3, -0.25) is 9.59 Å². The van der Waals surface area contributed by atoms with Gasteiger partial charge in [-0.1, -0.05) is 97.9 Å². The lowest BCUT2D eigenvalue weighted by atomic mass is 9.67. The highest BCUT2D eigenvalue weighted by Gasteiger charge is 2.39. The van der Waals surface area contributed by atoms with Crippen molar-refractivity contribution in [2.24, 2.45) is 11.7 Å². The number of hydrogen-bond acceptors (Lipinski definition) is 3. The molecule has 162 valence electrons. The van der Waals surface area contributed by atoms with Crippen molar-refractivity contribution < 1.29 is 9.59 Å². The Kier molecular flexibility index (Phi) is 7.41. The largest absolute Gasteiger partial charge is 0.368 e. The molecule has 3 N–H and O–H groups in total. The molecule has 0 spiro atoms. The maximum atomic E-state index is 13.4. The average Bonchev–Trinajstić information content (AvgIpc) is 2.82. The van der Waals surface area contributed by atoms with E-state index in [0.29, 0.717) is 0 Å². The van der Waals surface area contributed by atoms with Crippen LogP contribution in [0.4, 0.5) is 0 Å². The fourth-order valence-corrected chi connectivity index (χ4v) is 4.20. The first-order chi connectivity index (χ1) is 15.5. The summed E-state index contributed by atoms with van der Waals surface area (Å²) in [6.45, 7) is 1.73. The minimum absolute atomic E-state index is 0.0775. The van der Waals surface area contributed by atoms with Crippen molar-refractivity contribution in [3.05, 3.63) is 108 Å². The highest BCUT2D eigenvalue weighted by atomic mass is 16.2. The summed E-state index contributed by atoms with van der Waals surface area (Å²) >= 11 is 0. The van der Waals surface area contributed by atoms with Gasteiger partial charge in [0.15, 0.2) is 0 Å². The predicted octanol–water partition coefficient (Wildman–Crippen LogP) is 3.93. The molecule has 0 aliphatic rings. The predicted molar refractivity (Wildman–Crippen MR) is 124 cm³/mol. The van der Waals surface area contributed by atoms with Crippen LogP contribution in [0.2, 0.25) is 0 Å². The summed E-state index contributed by atoms with van der Waals surface area (Å²) < 4.78 is 0. The Morgan fingerprint density at radius 1 is 0.875 bits per heavy atom. The average molecular weight is 426 g/mol. The first kappa shape index (κ1) is 22.8. The fourth-order valence-electron chi connectivity index (χ4n) is 4.20. The van der Waals surface area contributed by atoms with Crippen LogP contribution in [-0.2, 0) is 15.0 Å². The van der Waals surface area contributed by atoms with Crippen molar-refractivity contribution in [3.8, 4) is 6.07 Å². The lowest BCUT2D eigenvalue weighted by Crippen LogP contribution is -2.50. The number of hydrogen-bond donors (Lipinski definition) is 2. The van der Waals surface area contributed by atoms with Gasteiger partial charge in [0, 0.05) is 12.8 Å². The molecule has 0 saturated heterocycles. The number of carbonyl (C=O) groups excluding carboxylic acids is 2. The highest BCUT2D eigenvalue weighted by molar-refractivity contribution is 5.88. The van der Waals surface area contributed by atoms with Gasteiger partial charge in [-0.2, -0.15) is 5.26 Å². The lowest BCUT2D eigenvalue weighted by Gasteiger charge is -2.36. The van der Waals surface area contributed by atoms with E-state index in [0.717, 1.165) is 16.7 Å². The summed E-state index contributed by atoms with van der Waals surface area (Å²) in [6.07, 6.45) is 0.198. The number of benzene rings is 3. The quantitative estimate of drug-likeness (QED) is 0.509. The Balaban J connectivity index is 2.10. The van der Waals surface area contributed by atoms with E-state index in [-0.39, 0.29) is 24.7 Å². The van der Waals surface area contributed by atoms with E-state index < -0.39 is 17.4 Å². The van der Waals surface area contributed by atoms with E-state index >= 15 is 0 Å². The Labute approximate surface area is 188 Å². The van der Waals surface area contributed by atoms with Gasteiger partial charge in [-0.25, -0.2) is 0 Å². The molecule has 32 heavy (non-hydrogen) atoms. The molecule has 0 aliphatic carbocycles. The molecule has 2 amide bonds. The third kappa shape index (κ3) is 4.87. The smallest absolute Gasteiger partial charge is 0.240 e. The maximum absolute atomic E-state index is 13.4. The van der Waals surface area contributed by atoms with E-state index in [2.05, 4.69) is 5.32 Å². The molecule has 5 nitrogen and oxygen atoms in total. The Morgan fingerprint density at radius 3 is 1.62 bits per heavy atom. The molecular weight excluding hydrogens is 398 g/mol. The number of primary amides is 1. The van der Waals surface area contributed by atoms with E-state index in [1.165, 1.54) is 0 Å². The minimum Gasteiger partial charge on any atom is -0.368 e. The number of nitrogens with one attached hydrogen (secondary N) is 1. The van der Waals surface area contributed by atoms with Crippen molar-refractivity contribution in [1.29, 1.82) is 5.26 Å². The summed E-state index contributed by atoms with van der Waals surface area (Å²) in [6, 6.07) is 30.7. The second-order valence-electron chi connectivity index (χ2n) is 7.97. The fraction of sp³-hybridized carbons (Fsp3) is 0.222. The number of amides is 2. The Hall–Kier alpha value is -3.91. The van der Waals surface area contributed by atoms with Gasteiger partial charge in [0.2, 0.25) is 11.8 Å². The molecule has 0 radical (unpaired) electrons. The van der Waals surface area contributed by atoms with Crippen LogP contribution in [0.5, 0.6) is 0 Å². The normalized spacial score (nSPS) is 12.9. The van der Waals surface area contributed by atoms with Gasteiger partial charge in [0.1, 0.15) is 6.04 Å². The first-order valence-corrected chi connectivity index (χ1v) is 10.6. The van der Waals surface area contributed by atoms with Gasteiger partial charge in [0.05, 0.1) is 11.5 Å². The van der Waals surface area contributed by atoms with Crippen LogP contribution in [0.1, 0.15) is 36.5 Å². The second kappa shape index (κ2) is 10.4. The summed E-state index contributed by atoms with van der Waals surface area (Å²) in [4.78, 5) is 25.4. The zero-order valence-electron chi connectivity index (χ0n) is 18.1. The topological polar surface area (TPSA) is 96.0 Å². The number of nitrogens with two attached hydrogens (primary N) is 1. The molecule has 2 atom stereocenters. The molecule has 0 heterocycles. The van der Waals surface area contributed by atoms with E-state index in [1.807, 2.05) is 97.1 Å². The van der Waals surface area contributed by atoms with Gasteiger partial charge in [-0.05, 0) is 22.6 Å². The molecule has 0 fully saturated rings. The van der Waals surface area contributed by atoms with Gasteiger partial charge in [-0.15, -0.1) is 0 Å². The molecule has 0 saturated carbocycles.